The summed E-state index contributed by atoms with van der Waals surface area (Å²) in [4.78, 5) is 19.2. The average molecular weight is 405 g/mol. The van der Waals surface area contributed by atoms with E-state index in [0.717, 1.165) is 39.0 Å². The van der Waals surface area contributed by atoms with Crippen LogP contribution in [0.15, 0.2) is 18.2 Å². The van der Waals surface area contributed by atoms with Crippen LogP contribution < -0.4 is 10.2 Å². The molecule has 160 valence electrons. The van der Waals surface area contributed by atoms with Crippen LogP contribution in [0, 0.1) is 5.82 Å². The quantitative estimate of drug-likeness (QED) is 0.837. The Balaban J connectivity index is 1.37. The van der Waals surface area contributed by atoms with Gasteiger partial charge in [-0.2, -0.15) is 0 Å². The summed E-state index contributed by atoms with van der Waals surface area (Å²) in [6.07, 6.45) is 4.84. The van der Waals surface area contributed by atoms with Crippen molar-refractivity contribution < 1.29 is 13.9 Å². The van der Waals surface area contributed by atoms with E-state index in [0.29, 0.717) is 30.5 Å². The third-order valence-electron chi connectivity index (χ3n) is 6.30. The molecule has 3 unspecified atom stereocenters. The molecule has 4 rings (SSSR count). The number of hydrogen-bond acceptors (Lipinski definition) is 4. The molecule has 1 aromatic carbocycles. The lowest BCUT2D eigenvalue weighted by molar-refractivity contribution is -0.00539. The van der Waals surface area contributed by atoms with Gasteiger partial charge in [0, 0.05) is 37.9 Å². The van der Waals surface area contributed by atoms with Gasteiger partial charge < -0.3 is 19.9 Å². The minimum Gasteiger partial charge on any atom is -0.372 e. The number of urea groups is 1. The maximum atomic E-state index is 14.8. The van der Waals surface area contributed by atoms with Gasteiger partial charge in [-0.1, -0.05) is 0 Å². The standard InChI is InChI=1S/C22H33FN4O2/c1-16-13-27(14-17(2)29-16)21-8-7-18(12-20(21)23)24-22(28)26-11-5-6-19(15-26)25-9-3-4-10-25/h7-8,12,16-17,19H,3-6,9-11,13-15H2,1-2H3,(H,24,28). The number of morpholine rings is 1. The zero-order valence-electron chi connectivity index (χ0n) is 17.6. The number of amides is 2. The molecule has 3 aliphatic rings. The van der Waals surface area contributed by atoms with E-state index in [1.54, 1.807) is 12.1 Å². The van der Waals surface area contributed by atoms with Gasteiger partial charge in [0.2, 0.25) is 0 Å². The average Bonchev–Trinajstić information content (AvgIpc) is 3.22. The van der Waals surface area contributed by atoms with Gasteiger partial charge >= 0.3 is 6.03 Å². The monoisotopic (exact) mass is 404 g/mol. The second kappa shape index (κ2) is 8.88. The summed E-state index contributed by atoms with van der Waals surface area (Å²) < 4.78 is 20.5. The van der Waals surface area contributed by atoms with Crippen LogP contribution in [0.5, 0.6) is 0 Å². The van der Waals surface area contributed by atoms with Crippen molar-refractivity contribution in [2.45, 2.75) is 57.8 Å². The normalized spacial score (nSPS) is 28.6. The Labute approximate surface area is 173 Å². The van der Waals surface area contributed by atoms with Crippen molar-refractivity contribution in [1.29, 1.82) is 0 Å². The number of benzene rings is 1. The number of ether oxygens (including phenoxy) is 1. The highest BCUT2D eigenvalue weighted by Crippen LogP contribution is 2.27. The molecule has 7 heteroatoms. The number of rotatable bonds is 3. The van der Waals surface area contributed by atoms with Crippen molar-refractivity contribution in [3.8, 4) is 0 Å². The Morgan fingerprint density at radius 2 is 1.79 bits per heavy atom. The minimum atomic E-state index is -0.308. The molecule has 3 atom stereocenters. The number of nitrogens with one attached hydrogen (secondary N) is 1. The molecule has 0 aromatic heterocycles. The topological polar surface area (TPSA) is 48.1 Å². The molecule has 29 heavy (non-hydrogen) atoms. The first kappa shape index (κ1) is 20.4. The van der Waals surface area contributed by atoms with Crippen molar-refractivity contribution in [3.05, 3.63) is 24.0 Å². The summed E-state index contributed by atoms with van der Waals surface area (Å²) in [6.45, 7) is 9.15. The van der Waals surface area contributed by atoms with Crippen LogP contribution >= 0.6 is 0 Å². The Morgan fingerprint density at radius 1 is 1.07 bits per heavy atom. The second-order valence-corrected chi connectivity index (χ2v) is 8.74. The first-order valence-electron chi connectivity index (χ1n) is 11.0. The molecule has 1 aromatic rings. The second-order valence-electron chi connectivity index (χ2n) is 8.74. The Hall–Kier alpha value is -1.86. The van der Waals surface area contributed by atoms with E-state index < -0.39 is 0 Å². The molecule has 3 saturated heterocycles. The molecule has 3 heterocycles. The fraction of sp³-hybridized carbons (Fsp3) is 0.682. The molecule has 0 aliphatic carbocycles. The molecular formula is C22H33FN4O2. The highest BCUT2D eigenvalue weighted by Gasteiger charge is 2.29. The molecule has 0 radical (unpaired) electrons. The number of carbonyl (C=O) groups excluding carboxylic acids is 1. The molecule has 2 amide bonds. The van der Waals surface area contributed by atoms with Gasteiger partial charge in [0.1, 0.15) is 5.82 Å². The maximum Gasteiger partial charge on any atom is 0.321 e. The van der Waals surface area contributed by atoms with E-state index in [9.17, 15) is 9.18 Å². The fourth-order valence-corrected chi connectivity index (χ4v) is 4.96. The van der Waals surface area contributed by atoms with Gasteiger partial charge in [-0.25, -0.2) is 9.18 Å². The van der Waals surface area contributed by atoms with Gasteiger partial charge in [0.15, 0.2) is 0 Å². The largest absolute Gasteiger partial charge is 0.372 e. The molecule has 6 nitrogen and oxygen atoms in total. The van der Waals surface area contributed by atoms with E-state index in [1.807, 2.05) is 23.6 Å². The van der Waals surface area contributed by atoms with Crippen LogP contribution in [0.1, 0.15) is 39.5 Å². The summed E-state index contributed by atoms with van der Waals surface area (Å²) >= 11 is 0. The molecule has 3 aliphatic heterocycles. The van der Waals surface area contributed by atoms with Crippen LogP contribution in [0.3, 0.4) is 0 Å². The predicted octanol–water partition coefficient (Wildman–Crippen LogP) is 3.53. The smallest absolute Gasteiger partial charge is 0.321 e. The van der Waals surface area contributed by atoms with E-state index in [-0.39, 0.29) is 24.1 Å². The van der Waals surface area contributed by atoms with Gasteiger partial charge in [-0.3, -0.25) is 4.90 Å². The van der Waals surface area contributed by atoms with Gasteiger partial charge in [-0.15, -0.1) is 0 Å². The number of halogens is 1. The third kappa shape index (κ3) is 4.83. The molecule has 1 N–H and O–H groups in total. The van der Waals surface area contributed by atoms with E-state index in [2.05, 4.69) is 10.2 Å². The lowest BCUT2D eigenvalue weighted by atomic mass is 10.0. The fourth-order valence-electron chi connectivity index (χ4n) is 4.96. The van der Waals surface area contributed by atoms with Crippen molar-refractivity contribution in [2.24, 2.45) is 0 Å². The summed E-state index contributed by atoms with van der Waals surface area (Å²) in [5, 5.41) is 2.90. The number of likely N-dealkylation sites (tertiary alicyclic amines) is 2. The summed E-state index contributed by atoms with van der Waals surface area (Å²) in [7, 11) is 0. The van der Waals surface area contributed by atoms with Crippen molar-refractivity contribution in [3.63, 3.8) is 0 Å². The molecule has 0 saturated carbocycles. The van der Waals surface area contributed by atoms with Crippen LogP contribution in [0.2, 0.25) is 0 Å². The zero-order chi connectivity index (χ0) is 20.4. The van der Waals surface area contributed by atoms with Crippen molar-refractivity contribution >= 4 is 17.4 Å². The first-order valence-corrected chi connectivity index (χ1v) is 11.0. The highest BCUT2D eigenvalue weighted by atomic mass is 19.1. The first-order chi connectivity index (χ1) is 14.0. The Bertz CT molecular complexity index is 715. The third-order valence-corrected chi connectivity index (χ3v) is 6.30. The van der Waals surface area contributed by atoms with Gasteiger partial charge in [0.25, 0.3) is 0 Å². The highest BCUT2D eigenvalue weighted by molar-refractivity contribution is 5.89. The number of nitrogens with zero attached hydrogens (tertiary/aromatic N) is 3. The maximum absolute atomic E-state index is 14.8. The van der Waals surface area contributed by atoms with Crippen LogP contribution in [0.4, 0.5) is 20.6 Å². The van der Waals surface area contributed by atoms with Gasteiger partial charge in [0.05, 0.1) is 17.9 Å². The van der Waals surface area contributed by atoms with Crippen LogP contribution in [-0.4, -0.2) is 73.3 Å². The van der Waals surface area contributed by atoms with E-state index >= 15 is 0 Å². The molecular weight excluding hydrogens is 371 g/mol. The van der Waals surface area contributed by atoms with Crippen molar-refractivity contribution in [2.75, 3.05) is 49.5 Å². The molecule has 0 bridgehead atoms. The Morgan fingerprint density at radius 3 is 2.48 bits per heavy atom. The number of anilines is 2. The summed E-state index contributed by atoms with van der Waals surface area (Å²) in [6, 6.07) is 5.32. The summed E-state index contributed by atoms with van der Waals surface area (Å²) in [5.74, 6) is -0.308. The lowest BCUT2D eigenvalue weighted by Gasteiger charge is -2.37. The zero-order valence-corrected chi connectivity index (χ0v) is 17.6. The van der Waals surface area contributed by atoms with E-state index in [1.165, 1.54) is 18.9 Å². The predicted molar refractivity (Wildman–Crippen MR) is 113 cm³/mol. The molecule has 0 spiro atoms. The number of piperidine rings is 1. The lowest BCUT2D eigenvalue weighted by Crippen LogP contribution is -2.50. The van der Waals surface area contributed by atoms with Crippen molar-refractivity contribution in [1.82, 2.24) is 9.80 Å². The molecule has 3 fully saturated rings. The number of carbonyl (C=O) groups is 1. The minimum absolute atomic E-state index is 0.0696. The SMILES string of the molecule is CC1CN(c2ccc(NC(=O)N3CCCC(N4CCCC4)C3)cc2F)CC(C)O1. The number of hydrogen-bond donors (Lipinski definition) is 1. The van der Waals surface area contributed by atoms with Gasteiger partial charge in [-0.05, 0) is 70.8 Å². The Kier molecular flexibility index (Phi) is 6.25. The van der Waals surface area contributed by atoms with E-state index in [4.69, 9.17) is 4.74 Å². The van der Waals surface area contributed by atoms with Crippen LogP contribution in [-0.2, 0) is 4.74 Å². The summed E-state index contributed by atoms with van der Waals surface area (Å²) in [5.41, 5.74) is 1.07. The van der Waals surface area contributed by atoms with Crippen LogP contribution in [0.25, 0.3) is 0 Å².